The zero-order chi connectivity index (χ0) is 14.7. The van der Waals surface area contributed by atoms with E-state index in [0.717, 1.165) is 47.9 Å². The molecule has 1 saturated carbocycles. The van der Waals surface area contributed by atoms with Gasteiger partial charge in [-0.2, -0.15) is 11.8 Å². The number of rotatable bonds is 1. The number of aryl methyl sites for hydroxylation is 1. The standard InChI is InChI=1S/C14H17NO3S3/c16-13(12-8-10-9-19-7-2-11(10)20-12)15-6-1-3-14(4-5-14)21(15,17)18/h8H,1-7,9H2. The summed E-state index contributed by atoms with van der Waals surface area (Å²) in [5.41, 5.74) is 1.22. The van der Waals surface area contributed by atoms with Crippen molar-refractivity contribution < 1.29 is 13.2 Å². The van der Waals surface area contributed by atoms with Gasteiger partial charge < -0.3 is 0 Å². The zero-order valence-corrected chi connectivity index (χ0v) is 14.1. The van der Waals surface area contributed by atoms with Gasteiger partial charge in [-0.25, -0.2) is 12.7 Å². The summed E-state index contributed by atoms with van der Waals surface area (Å²) in [7, 11) is -3.45. The molecule has 2 fully saturated rings. The number of thiophene rings is 1. The van der Waals surface area contributed by atoms with Gasteiger partial charge in [0, 0.05) is 17.2 Å². The van der Waals surface area contributed by atoms with Crippen molar-refractivity contribution in [3.05, 3.63) is 21.4 Å². The first-order chi connectivity index (χ1) is 10.0. The fourth-order valence-electron chi connectivity index (χ4n) is 3.26. The van der Waals surface area contributed by atoms with Crippen LogP contribution in [0.5, 0.6) is 0 Å². The molecule has 114 valence electrons. The van der Waals surface area contributed by atoms with E-state index in [1.807, 2.05) is 17.8 Å². The highest BCUT2D eigenvalue weighted by Gasteiger charge is 2.59. The van der Waals surface area contributed by atoms with Crippen molar-refractivity contribution >= 4 is 39.0 Å². The summed E-state index contributed by atoms with van der Waals surface area (Å²) in [5, 5.41) is 0. The third kappa shape index (κ3) is 2.08. The van der Waals surface area contributed by atoms with E-state index in [1.165, 1.54) is 21.8 Å². The summed E-state index contributed by atoms with van der Waals surface area (Å²) in [6.07, 6.45) is 3.95. The number of carbonyl (C=O) groups is 1. The highest BCUT2D eigenvalue weighted by atomic mass is 32.2. The summed E-state index contributed by atoms with van der Waals surface area (Å²) in [4.78, 5) is 14.6. The van der Waals surface area contributed by atoms with Crippen molar-refractivity contribution in [3.63, 3.8) is 0 Å². The number of fused-ring (bicyclic) bond motifs is 1. The molecule has 21 heavy (non-hydrogen) atoms. The van der Waals surface area contributed by atoms with Crippen LogP contribution in [0.1, 0.15) is 45.8 Å². The van der Waals surface area contributed by atoms with Crippen molar-refractivity contribution in [1.82, 2.24) is 4.31 Å². The van der Waals surface area contributed by atoms with Crippen molar-refractivity contribution in [2.45, 2.75) is 42.6 Å². The molecule has 0 unspecified atom stereocenters. The smallest absolute Gasteiger partial charge is 0.267 e. The van der Waals surface area contributed by atoms with Crippen molar-refractivity contribution in [2.75, 3.05) is 12.3 Å². The van der Waals surface area contributed by atoms with Gasteiger partial charge in [0.1, 0.15) is 0 Å². The van der Waals surface area contributed by atoms with Gasteiger partial charge in [-0.05, 0) is 49.5 Å². The van der Waals surface area contributed by atoms with Crippen LogP contribution >= 0.6 is 23.1 Å². The molecule has 0 aromatic carbocycles. The lowest BCUT2D eigenvalue weighted by Gasteiger charge is -2.32. The molecule has 0 N–H and O–H groups in total. The Hall–Kier alpha value is -0.530. The van der Waals surface area contributed by atoms with Crippen LogP contribution < -0.4 is 0 Å². The lowest BCUT2D eigenvalue weighted by atomic mass is 10.2. The van der Waals surface area contributed by atoms with Crippen LogP contribution in [0.2, 0.25) is 0 Å². The maximum Gasteiger partial charge on any atom is 0.277 e. The predicted octanol–water partition coefficient (Wildman–Crippen LogP) is 2.64. The van der Waals surface area contributed by atoms with Crippen molar-refractivity contribution in [1.29, 1.82) is 0 Å². The monoisotopic (exact) mass is 343 g/mol. The Kier molecular flexibility index (Phi) is 3.17. The molecule has 1 aliphatic carbocycles. The van der Waals surface area contributed by atoms with Gasteiger partial charge in [-0.3, -0.25) is 4.79 Å². The molecule has 4 nitrogen and oxygen atoms in total. The second-order valence-electron chi connectivity index (χ2n) is 6.03. The molecule has 1 aromatic rings. The third-order valence-corrected chi connectivity index (χ3v) is 9.57. The first kappa shape index (κ1) is 14.1. The number of carbonyl (C=O) groups excluding carboxylic acids is 1. The van der Waals surface area contributed by atoms with Crippen LogP contribution in [0.15, 0.2) is 6.07 Å². The lowest BCUT2D eigenvalue weighted by molar-refractivity contribution is 0.0855. The van der Waals surface area contributed by atoms with Gasteiger partial charge in [0.2, 0.25) is 10.0 Å². The second-order valence-corrected chi connectivity index (χ2v) is 10.5. The van der Waals surface area contributed by atoms with E-state index in [9.17, 15) is 13.2 Å². The molecule has 0 radical (unpaired) electrons. The highest BCUT2D eigenvalue weighted by Crippen LogP contribution is 2.51. The number of amides is 1. The molecule has 0 bridgehead atoms. The molecule has 1 aromatic heterocycles. The molecule has 7 heteroatoms. The van der Waals surface area contributed by atoms with Crippen LogP contribution in [0.4, 0.5) is 0 Å². The van der Waals surface area contributed by atoms with Gasteiger partial charge in [0.15, 0.2) is 0 Å². The van der Waals surface area contributed by atoms with Gasteiger partial charge in [-0.1, -0.05) is 0 Å². The minimum Gasteiger partial charge on any atom is -0.267 e. The SMILES string of the molecule is O=C(c1cc2c(s1)CCSC2)N1CCCC2(CC2)S1(=O)=O. The molecule has 3 aliphatic rings. The Labute approximate surface area is 133 Å². The van der Waals surface area contributed by atoms with E-state index in [2.05, 4.69) is 0 Å². The van der Waals surface area contributed by atoms with E-state index in [0.29, 0.717) is 11.4 Å². The van der Waals surface area contributed by atoms with E-state index in [1.54, 1.807) is 0 Å². The number of hydrogen-bond acceptors (Lipinski definition) is 5. The molecule has 3 heterocycles. The lowest BCUT2D eigenvalue weighted by Crippen LogP contribution is -2.48. The van der Waals surface area contributed by atoms with Gasteiger partial charge in [0.25, 0.3) is 5.91 Å². The number of nitrogens with zero attached hydrogens (tertiary/aromatic N) is 1. The first-order valence-corrected chi connectivity index (χ1v) is 10.7. The summed E-state index contributed by atoms with van der Waals surface area (Å²) in [6, 6.07) is 1.91. The predicted molar refractivity (Wildman–Crippen MR) is 85.3 cm³/mol. The largest absolute Gasteiger partial charge is 0.277 e. The molecular weight excluding hydrogens is 326 g/mol. The summed E-state index contributed by atoms with van der Waals surface area (Å²) >= 11 is 3.36. The average molecular weight is 343 g/mol. The third-order valence-electron chi connectivity index (χ3n) is 4.70. The fraction of sp³-hybridized carbons (Fsp3) is 0.643. The molecule has 1 amide bonds. The van der Waals surface area contributed by atoms with E-state index >= 15 is 0 Å². The van der Waals surface area contributed by atoms with Crippen molar-refractivity contribution in [3.8, 4) is 0 Å². The number of sulfonamides is 1. The Balaban J connectivity index is 1.66. The fourth-order valence-corrected chi connectivity index (χ4v) is 7.81. The number of thioether (sulfide) groups is 1. The minimum absolute atomic E-state index is 0.301. The quantitative estimate of drug-likeness (QED) is 0.787. The molecular formula is C14H17NO3S3. The van der Waals surface area contributed by atoms with Gasteiger partial charge >= 0.3 is 0 Å². The van der Waals surface area contributed by atoms with E-state index < -0.39 is 14.8 Å². The van der Waals surface area contributed by atoms with Crippen LogP contribution in [0, 0.1) is 0 Å². The molecule has 1 spiro atoms. The summed E-state index contributed by atoms with van der Waals surface area (Å²) in [6.45, 7) is 0.347. The Bertz CT molecular complexity index is 680. The maximum atomic E-state index is 12.7. The molecule has 4 rings (SSSR count). The Morgan fingerprint density at radius 1 is 1.29 bits per heavy atom. The molecule has 0 atom stereocenters. The van der Waals surface area contributed by atoms with Crippen LogP contribution in [-0.4, -0.2) is 35.7 Å². The van der Waals surface area contributed by atoms with Gasteiger partial charge in [0.05, 0.1) is 9.62 Å². The minimum atomic E-state index is -3.45. The van der Waals surface area contributed by atoms with Crippen LogP contribution in [0.25, 0.3) is 0 Å². The normalized spacial score (nSPS) is 25.6. The van der Waals surface area contributed by atoms with E-state index in [-0.39, 0.29) is 5.91 Å². The topological polar surface area (TPSA) is 54.5 Å². The molecule has 2 aliphatic heterocycles. The van der Waals surface area contributed by atoms with Crippen LogP contribution in [0.3, 0.4) is 0 Å². The Morgan fingerprint density at radius 3 is 2.81 bits per heavy atom. The second kappa shape index (κ2) is 4.73. The van der Waals surface area contributed by atoms with Crippen LogP contribution in [-0.2, 0) is 22.2 Å². The number of hydrogen-bond donors (Lipinski definition) is 0. The Morgan fingerprint density at radius 2 is 2.10 bits per heavy atom. The molecule has 1 saturated heterocycles. The first-order valence-electron chi connectivity index (χ1n) is 7.29. The van der Waals surface area contributed by atoms with Gasteiger partial charge in [-0.15, -0.1) is 11.3 Å². The average Bonchev–Trinajstić information content (AvgIpc) is 3.12. The highest BCUT2D eigenvalue weighted by molar-refractivity contribution is 7.98. The maximum absolute atomic E-state index is 12.7. The zero-order valence-electron chi connectivity index (χ0n) is 11.6. The summed E-state index contributed by atoms with van der Waals surface area (Å²) in [5.74, 6) is 1.73. The summed E-state index contributed by atoms with van der Waals surface area (Å²) < 4.78 is 25.9. The van der Waals surface area contributed by atoms with E-state index in [4.69, 9.17) is 0 Å². The van der Waals surface area contributed by atoms with Crippen molar-refractivity contribution in [2.24, 2.45) is 0 Å².